The van der Waals surface area contributed by atoms with Crippen molar-refractivity contribution in [2.75, 3.05) is 5.32 Å². The van der Waals surface area contributed by atoms with E-state index in [0.717, 1.165) is 35.1 Å². The summed E-state index contributed by atoms with van der Waals surface area (Å²) in [6, 6.07) is 6.95. The minimum atomic E-state index is -0.160. The Morgan fingerprint density at radius 2 is 2.15 bits per heavy atom. The maximum atomic E-state index is 13.6. The SMILES string of the molecule is CCCc1cc(Nc2ncnc3[nH]ccc23)ccc1F. The number of nitrogens with one attached hydrogen (secondary N) is 2. The molecule has 0 atom stereocenters. The van der Waals surface area contributed by atoms with E-state index in [9.17, 15) is 4.39 Å². The number of rotatable bonds is 4. The average molecular weight is 270 g/mol. The third-order valence-electron chi connectivity index (χ3n) is 3.18. The number of halogens is 1. The molecule has 0 radical (unpaired) electrons. The highest BCUT2D eigenvalue weighted by Gasteiger charge is 2.07. The number of aromatic amines is 1. The Hall–Kier alpha value is -2.43. The van der Waals surface area contributed by atoms with Crippen molar-refractivity contribution in [3.63, 3.8) is 0 Å². The van der Waals surface area contributed by atoms with Crippen LogP contribution < -0.4 is 5.32 Å². The van der Waals surface area contributed by atoms with Gasteiger partial charge in [-0.05, 0) is 36.2 Å². The molecule has 3 rings (SSSR count). The van der Waals surface area contributed by atoms with Crippen LogP contribution in [0.2, 0.25) is 0 Å². The largest absolute Gasteiger partial charge is 0.346 e. The summed E-state index contributed by atoms with van der Waals surface area (Å²) in [5.41, 5.74) is 2.33. The van der Waals surface area contributed by atoms with Crippen LogP contribution in [-0.2, 0) is 6.42 Å². The smallest absolute Gasteiger partial charge is 0.143 e. The lowest BCUT2D eigenvalue weighted by molar-refractivity contribution is 0.607. The Morgan fingerprint density at radius 3 is 3.00 bits per heavy atom. The molecule has 0 bridgehead atoms. The van der Waals surface area contributed by atoms with Gasteiger partial charge in [0.2, 0.25) is 0 Å². The van der Waals surface area contributed by atoms with Crippen molar-refractivity contribution in [1.29, 1.82) is 0 Å². The molecule has 3 aromatic rings. The second-order valence-corrected chi connectivity index (χ2v) is 4.64. The van der Waals surface area contributed by atoms with E-state index < -0.39 is 0 Å². The van der Waals surface area contributed by atoms with Crippen molar-refractivity contribution in [3.8, 4) is 0 Å². The molecule has 4 nitrogen and oxygen atoms in total. The van der Waals surface area contributed by atoms with E-state index in [0.29, 0.717) is 5.82 Å². The summed E-state index contributed by atoms with van der Waals surface area (Å²) < 4.78 is 13.6. The number of hydrogen-bond acceptors (Lipinski definition) is 3. The fourth-order valence-corrected chi connectivity index (χ4v) is 2.22. The summed E-state index contributed by atoms with van der Waals surface area (Å²) in [5, 5.41) is 4.13. The first-order valence-corrected chi connectivity index (χ1v) is 6.61. The van der Waals surface area contributed by atoms with Gasteiger partial charge in [0.15, 0.2) is 0 Å². The third-order valence-corrected chi connectivity index (χ3v) is 3.18. The Balaban J connectivity index is 1.94. The highest BCUT2D eigenvalue weighted by molar-refractivity contribution is 5.88. The zero-order valence-corrected chi connectivity index (χ0v) is 11.2. The van der Waals surface area contributed by atoms with Gasteiger partial charge in [-0.3, -0.25) is 0 Å². The number of hydrogen-bond donors (Lipinski definition) is 2. The van der Waals surface area contributed by atoms with E-state index in [2.05, 4.69) is 20.3 Å². The predicted molar refractivity (Wildman–Crippen MR) is 77.6 cm³/mol. The average Bonchev–Trinajstić information content (AvgIpc) is 2.92. The molecule has 0 unspecified atom stereocenters. The summed E-state index contributed by atoms with van der Waals surface area (Å²) >= 11 is 0. The molecule has 0 spiro atoms. The Morgan fingerprint density at radius 1 is 1.25 bits per heavy atom. The normalized spacial score (nSPS) is 10.9. The second kappa shape index (κ2) is 5.28. The van der Waals surface area contributed by atoms with Gasteiger partial charge in [0.25, 0.3) is 0 Å². The standard InChI is InChI=1S/C15H15FN4/c1-2-3-10-8-11(4-5-13(10)16)20-15-12-6-7-17-14(12)18-9-19-15/h4-9H,2-3H2,1H3,(H2,17,18,19,20). The Kier molecular flexibility index (Phi) is 3.33. The van der Waals surface area contributed by atoms with Crippen LogP contribution >= 0.6 is 0 Å². The quantitative estimate of drug-likeness (QED) is 0.758. The first kappa shape index (κ1) is 12.6. The maximum Gasteiger partial charge on any atom is 0.143 e. The summed E-state index contributed by atoms with van der Waals surface area (Å²) in [4.78, 5) is 11.4. The summed E-state index contributed by atoms with van der Waals surface area (Å²) in [6.07, 6.45) is 4.95. The van der Waals surface area contributed by atoms with Crippen molar-refractivity contribution < 1.29 is 4.39 Å². The van der Waals surface area contributed by atoms with Crippen molar-refractivity contribution in [2.24, 2.45) is 0 Å². The molecule has 5 heteroatoms. The van der Waals surface area contributed by atoms with Crippen LogP contribution in [0.15, 0.2) is 36.8 Å². The molecule has 0 fully saturated rings. The second-order valence-electron chi connectivity index (χ2n) is 4.64. The van der Waals surface area contributed by atoms with E-state index in [1.807, 2.05) is 25.3 Å². The van der Waals surface area contributed by atoms with Gasteiger partial charge in [0.1, 0.15) is 23.6 Å². The predicted octanol–water partition coefficient (Wildman–Crippen LogP) is 3.79. The minimum absolute atomic E-state index is 0.160. The molecular weight excluding hydrogens is 255 g/mol. The fraction of sp³-hybridized carbons (Fsp3) is 0.200. The third kappa shape index (κ3) is 2.34. The molecule has 0 aliphatic rings. The number of benzene rings is 1. The highest BCUT2D eigenvalue weighted by Crippen LogP contribution is 2.24. The van der Waals surface area contributed by atoms with Gasteiger partial charge in [0.05, 0.1) is 5.39 Å². The van der Waals surface area contributed by atoms with Crippen LogP contribution in [0, 0.1) is 5.82 Å². The molecular formula is C15H15FN4. The molecule has 2 N–H and O–H groups in total. The molecule has 0 amide bonds. The van der Waals surface area contributed by atoms with Crippen molar-refractivity contribution in [2.45, 2.75) is 19.8 Å². The Bertz CT molecular complexity index is 736. The molecule has 2 heterocycles. The van der Waals surface area contributed by atoms with Crippen LogP contribution in [0.1, 0.15) is 18.9 Å². The van der Waals surface area contributed by atoms with Crippen molar-refractivity contribution >= 4 is 22.5 Å². The van der Waals surface area contributed by atoms with Gasteiger partial charge in [0, 0.05) is 11.9 Å². The molecule has 1 aromatic carbocycles. The van der Waals surface area contributed by atoms with E-state index in [1.165, 1.54) is 12.4 Å². The first-order valence-electron chi connectivity index (χ1n) is 6.61. The zero-order valence-electron chi connectivity index (χ0n) is 11.2. The molecule has 102 valence electrons. The number of H-pyrrole nitrogens is 1. The summed E-state index contributed by atoms with van der Waals surface area (Å²) in [5.74, 6) is 0.553. The zero-order chi connectivity index (χ0) is 13.9. The fourth-order valence-electron chi connectivity index (χ4n) is 2.22. The van der Waals surface area contributed by atoms with Crippen LogP contribution in [0.5, 0.6) is 0 Å². The van der Waals surface area contributed by atoms with E-state index in [1.54, 1.807) is 6.07 Å². The van der Waals surface area contributed by atoms with Gasteiger partial charge < -0.3 is 10.3 Å². The summed E-state index contributed by atoms with van der Waals surface area (Å²) in [7, 11) is 0. The van der Waals surface area contributed by atoms with Gasteiger partial charge in [-0.1, -0.05) is 13.3 Å². The molecule has 2 aromatic heterocycles. The number of nitrogens with zero attached hydrogens (tertiary/aromatic N) is 2. The number of anilines is 2. The maximum absolute atomic E-state index is 13.6. The van der Waals surface area contributed by atoms with Gasteiger partial charge in [-0.25, -0.2) is 14.4 Å². The molecule has 0 saturated carbocycles. The van der Waals surface area contributed by atoms with E-state index >= 15 is 0 Å². The van der Waals surface area contributed by atoms with Gasteiger partial charge in [-0.2, -0.15) is 0 Å². The summed E-state index contributed by atoms with van der Waals surface area (Å²) in [6.45, 7) is 2.04. The lowest BCUT2D eigenvalue weighted by atomic mass is 10.1. The lowest BCUT2D eigenvalue weighted by Crippen LogP contribution is -1.97. The highest BCUT2D eigenvalue weighted by atomic mass is 19.1. The minimum Gasteiger partial charge on any atom is -0.346 e. The van der Waals surface area contributed by atoms with Crippen LogP contribution in [0.25, 0.3) is 11.0 Å². The molecule has 0 saturated heterocycles. The number of fused-ring (bicyclic) bond motifs is 1. The van der Waals surface area contributed by atoms with Crippen LogP contribution in [-0.4, -0.2) is 15.0 Å². The van der Waals surface area contributed by atoms with Crippen LogP contribution in [0.3, 0.4) is 0 Å². The van der Waals surface area contributed by atoms with Gasteiger partial charge >= 0.3 is 0 Å². The molecule has 20 heavy (non-hydrogen) atoms. The van der Waals surface area contributed by atoms with Gasteiger partial charge in [-0.15, -0.1) is 0 Å². The van der Waals surface area contributed by atoms with Crippen molar-refractivity contribution in [1.82, 2.24) is 15.0 Å². The molecule has 0 aliphatic heterocycles. The topological polar surface area (TPSA) is 53.6 Å². The molecule has 0 aliphatic carbocycles. The van der Waals surface area contributed by atoms with Crippen LogP contribution in [0.4, 0.5) is 15.9 Å². The number of aryl methyl sites for hydroxylation is 1. The lowest BCUT2D eigenvalue weighted by Gasteiger charge is -2.09. The Labute approximate surface area is 116 Å². The number of aromatic nitrogens is 3. The monoisotopic (exact) mass is 270 g/mol. The first-order chi connectivity index (χ1) is 9.78. The van der Waals surface area contributed by atoms with Crippen molar-refractivity contribution in [3.05, 3.63) is 48.2 Å². The van der Waals surface area contributed by atoms with E-state index in [-0.39, 0.29) is 5.82 Å². The van der Waals surface area contributed by atoms with E-state index in [4.69, 9.17) is 0 Å².